The predicted octanol–water partition coefficient (Wildman–Crippen LogP) is 1.51. The Balaban J connectivity index is 0.00000242. The number of nitrogens with one attached hydrogen (secondary N) is 1. The van der Waals surface area contributed by atoms with E-state index in [2.05, 4.69) is 15.3 Å². The van der Waals surface area contributed by atoms with Gasteiger partial charge < -0.3 is 10.2 Å². The molecular formula is C13H23IN4O2S2. The molecule has 126 valence electrons. The molecule has 1 unspecified atom stereocenters. The third-order valence-corrected chi connectivity index (χ3v) is 6.17. The average Bonchev–Trinajstić information content (AvgIpc) is 2.96. The number of hydrogen-bond acceptors (Lipinski definition) is 5. The SMILES string of the molecule is CN=C(NCC1CCS(=O)(=O)C1)N(C)Cc1csc(C)n1.I. The van der Waals surface area contributed by atoms with E-state index in [9.17, 15) is 8.42 Å². The molecule has 6 nitrogen and oxygen atoms in total. The first-order valence-electron chi connectivity index (χ1n) is 6.93. The minimum atomic E-state index is -2.82. The van der Waals surface area contributed by atoms with E-state index in [4.69, 9.17) is 0 Å². The largest absolute Gasteiger partial charge is 0.356 e. The molecule has 0 spiro atoms. The van der Waals surface area contributed by atoms with Crippen LogP contribution in [0.5, 0.6) is 0 Å². The summed E-state index contributed by atoms with van der Waals surface area (Å²) in [5, 5.41) is 6.36. The molecular weight excluding hydrogens is 435 g/mol. The lowest BCUT2D eigenvalue weighted by atomic mass is 10.1. The zero-order valence-corrected chi connectivity index (χ0v) is 17.0. The Morgan fingerprint density at radius 1 is 1.59 bits per heavy atom. The summed E-state index contributed by atoms with van der Waals surface area (Å²) in [5.74, 6) is 1.55. The van der Waals surface area contributed by atoms with Crippen molar-refractivity contribution in [2.75, 3.05) is 32.1 Å². The lowest BCUT2D eigenvalue weighted by molar-refractivity contribution is 0.459. The quantitative estimate of drug-likeness (QED) is 0.421. The minimum Gasteiger partial charge on any atom is -0.356 e. The Kier molecular flexibility index (Phi) is 7.53. The topological polar surface area (TPSA) is 74.7 Å². The maximum absolute atomic E-state index is 11.5. The van der Waals surface area contributed by atoms with E-state index in [1.54, 1.807) is 18.4 Å². The molecule has 1 aliphatic rings. The van der Waals surface area contributed by atoms with Crippen molar-refractivity contribution in [2.24, 2.45) is 10.9 Å². The fraction of sp³-hybridized carbons (Fsp3) is 0.692. The first-order valence-corrected chi connectivity index (χ1v) is 9.63. The van der Waals surface area contributed by atoms with Crippen LogP contribution in [0.3, 0.4) is 0 Å². The van der Waals surface area contributed by atoms with Crippen LogP contribution in [0.2, 0.25) is 0 Å². The third-order valence-electron chi connectivity index (χ3n) is 3.51. The minimum absolute atomic E-state index is 0. The Morgan fingerprint density at radius 2 is 2.32 bits per heavy atom. The van der Waals surface area contributed by atoms with Gasteiger partial charge in [-0.3, -0.25) is 4.99 Å². The summed E-state index contributed by atoms with van der Waals surface area (Å²) in [6, 6.07) is 0. The van der Waals surface area contributed by atoms with Crippen LogP contribution in [-0.4, -0.2) is 56.4 Å². The number of hydrogen-bond donors (Lipinski definition) is 1. The summed E-state index contributed by atoms with van der Waals surface area (Å²) >= 11 is 1.63. The molecule has 22 heavy (non-hydrogen) atoms. The second-order valence-electron chi connectivity index (χ2n) is 5.41. The van der Waals surface area contributed by atoms with Crippen molar-refractivity contribution in [3.8, 4) is 0 Å². The van der Waals surface area contributed by atoms with Gasteiger partial charge in [0.05, 0.1) is 28.8 Å². The summed E-state index contributed by atoms with van der Waals surface area (Å²) in [6.07, 6.45) is 0.737. The van der Waals surface area contributed by atoms with Crippen LogP contribution in [0.25, 0.3) is 0 Å². The molecule has 1 fully saturated rings. The van der Waals surface area contributed by atoms with E-state index >= 15 is 0 Å². The molecule has 1 saturated heterocycles. The Morgan fingerprint density at radius 3 is 2.82 bits per heavy atom. The van der Waals surface area contributed by atoms with Gasteiger partial charge in [0, 0.05) is 26.0 Å². The summed E-state index contributed by atoms with van der Waals surface area (Å²) in [7, 11) is 0.868. The van der Waals surface area contributed by atoms with E-state index in [-0.39, 0.29) is 35.6 Å². The van der Waals surface area contributed by atoms with E-state index in [0.717, 1.165) is 23.1 Å². The van der Waals surface area contributed by atoms with Crippen LogP contribution in [0, 0.1) is 12.8 Å². The summed E-state index contributed by atoms with van der Waals surface area (Å²) in [4.78, 5) is 10.7. The van der Waals surface area contributed by atoms with Gasteiger partial charge in [-0.15, -0.1) is 35.3 Å². The molecule has 1 N–H and O–H groups in total. The molecule has 1 aromatic rings. The second kappa shape index (κ2) is 8.44. The van der Waals surface area contributed by atoms with E-state index in [1.807, 2.05) is 24.3 Å². The highest BCUT2D eigenvalue weighted by Gasteiger charge is 2.27. The average molecular weight is 458 g/mol. The van der Waals surface area contributed by atoms with Crippen LogP contribution in [0.4, 0.5) is 0 Å². The van der Waals surface area contributed by atoms with Crippen LogP contribution in [0.15, 0.2) is 10.4 Å². The van der Waals surface area contributed by atoms with Gasteiger partial charge in [0.25, 0.3) is 0 Å². The van der Waals surface area contributed by atoms with Crippen molar-refractivity contribution in [1.29, 1.82) is 0 Å². The van der Waals surface area contributed by atoms with Gasteiger partial charge in [-0.1, -0.05) is 0 Å². The van der Waals surface area contributed by atoms with E-state index in [0.29, 0.717) is 18.8 Å². The number of aliphatic imine (C=N–C) groups is 1. The highest BCUT2D eigenvalue weighted by molar-refractivity contribution is 14.0. The molecule has 1 atom stereocenters. The highest BCUT2D eigenvalue weighted by Crippen LogP contribution is 2.17. The molecule has 0 aromatic carbocycles. The lowest BCUT2D eigenvalue weighted by Crippen LogP contribution is -2.40. The Hall–Kier alpha value is -0.420. The van der Waals surface area contributed by atoms with Crippen molar-refractivity contribution in [1.82, 2.24) is 15.2 Å². The van der Waals surface area contributed by atoms with Gasteiger partial charge in [-0.2, -0.15) is 0 Å². The highest BCUT2D eigenvalue weighted by atomic mass is 127. The number of nitrogens with zero attached hydrogens (tertiary/aromatic N) is 3. The molecule has 9 heteroatoms. The molecule has 0 saturated carbocycles. The van der Waals surface area contributed by atoms with Gasteiger partial charge in [-0.25, -0.2) is 13.4 Å². The molecule has 0 bridgehead atoms. The summed E-state index contributed by atoms with van der Waals surface area (Å²) < 4.78 is 22.9. The standard InChI is InChI=1S/C13H22N4O2S2.HI/c1-10-16-12(8-20-10)7-17(3)13(14-2)15-6-11-4-5-21(18,19)9-11;/h8,11H,4-7,9H2,1-3H3,(H,14,15);1H. The fourth-order valence-corrected chi connectivity index (χ4v) is 4.92. The Labute approximate surface area is 153 Å². The van der Waals surface area contributed by atoms with Crippen LogP contribution < -0.4 is 5.32 Å². The third kappa shape index (κ3) is 5.65. The number of thiazole rings is 1. The molecule has 2 heterocycles. The smallest absolute Gasteiger partial charge is 0.193 e. The van der Waals surface area contributed by atoms with Crippen LogP contribution in [0.1, 0.15) is 17.1 Å². The Bertz CT molecular complexity index is 615. The van der Waals surface area contributed by atoms with Crippen molar-refractivity contribution < 1.29 is 8.42 Å². The number of aryl methyl sites for hydroxylation is 1. The lowest BCUT2D eigenvalue weighted by Gasteiger charge is -2.22. The van der Waals surface area contributed by atoms with Gasteiger partial charge in [-0.05, 0) is 19.3 Å². The molecule has 1 aliphatic heterocycles. The fourth-order valence-electron chi connectivity index (χ4n) is 2.45. The number of guanidine groups is 1. The molecule has 0 radical (unpaired) electrons. The van der Waals surface area contributed by atoms with Gasteiger partial charge in [0.15, 0.2) is 15.8 Å². The number of rotatable bonds is 4. The second-order valence-corrected chi connectivity index (χ2v) is 8.70. The molecule has 0 aliphatic carbocycles. The van der Waals surface area contributed by atoms with Gasteiger partial charge >= 0.3 is 0 Å². The van der Waals surface area contributed by atoms with Gasteiger partial charge in [0.2, 0.25) is 0 Å². The monoisotopic (exact) mass is 458 g/mol. The maximum atomic E-state index is 11.5. The first kappa shape index (κ1) is 19.6. The van der Waals surface area contributed by atoms with Gasteiger partial charge in [0.1, 0.15) is 0 Å². The van der Waals surface area contributed by atoms with Crippen LogP contribution >= 0.6 is 35.3 Å². The predicted molar refractivity (Wildman–Crippen MR) is 102 cm³/mol. The number of halogens is 1. The van der Waals surface area contributed by atoms with Crippen molar-refractivity contribution >= 4 is 51.1 Å². The molecule has 1 aromatic heterocycles. The first-order chi connectivity index (χ1) is 9.89. The molecule has 0 amide bonds. The van der Waals surface area contributed by atoms with E-state index < -0.39 is 9.84 Å². The van der Waals surface area contributed by atoms with Crippen molar-refractivity contribution in [2.45, 2.75) is 19.9 Å². The number of sulfone groups is 1. The summed E-state index contributed by atoms with van der Waals surface area (Å²) in [6.45, 7) is 3.32. The normalized spacial score (nSPS) is 20.5. The number of aromatic nitrogens is 1. The van der Waals surface area contributed by atoms with Crippen LogP contribution in [-0.2, 0) is 16.4 Å². The maximum Gasteiger partial charge on any atom is 0.193 e. The zero-order valence-electron chi connectivity index (χ0n) is 13.1. The van der Waals surface area contributed by atoms with E-state index in [1.165, 1.54) is 0 Å². The van der Waals surface area contributed by atoms with Crippen molar-refractivity contribution in [3.63, 3.8) is 0 Å². The summed E-state index contributed by atoms with van der Waals surface area (Å²) in [5.41, 5.74) is 1.02. The molecule has 2 rings (SSSR count). The van der Waals surface area contributed by atoms with Crippen molar-refractivity contribution in [3.05, 3.63) is 16.1 Å². The zero-order chi connectivity index (χ0) is 15.5.